The van der Waals surface area contributed by atoms with E-state index in [1.807, 2.05) is 18.2 Å². The molecule has 5 nitrogen and oxygen atoms in total. The minimum Gasteiger partial charge on any atom is -0.354 e. The molecule has 6 heterocycles. The lowest BCUT2D eigenvalue weighted by molar-refractivity contribution is 1.32. The Kier molecular flexibility index (Phi) is 6.76. The highest BCUT2D eigenvalue weighted by molar-refractivity contribution is 7.79. The van der Waals surface area contributed by atoms with Crippen LogP contribution in [-0.2, 0) is 0 Å². The van der Waals surface area contributed by atoms with E-state index in [0.29, 0.717) is 0 Å². The summed E-state index contributed by atoms with van der Waals surface area (Å²) < 4.78 is 0. The van der Waals surface area contributed by atoms with Crippen molar-refractivity contribution in [2.45, 2.75) is 0 Å². The monoisotopic (exact) mass is 671 g/mol. The predicted octanol–water partition coefficient (Wildman–Crippen LogP) is 11.7. The molecule has 0 fully saturated rings. The van der Waals surface area contributed by atoms with E-state index in [-0.39, 0.29) is 0 Å². The maximum absolute atomic E-state index is 5.81. The van der Waals surface area contributed by atoms with Crippen LogP contribution < -0.4 is 0 Å². The van der Waals surface area contributed by atoms with Crippen molar-refractivity contribution in [2.24, 2.45) is 0 Å². The van der Waals surface area contributed by atoms with Crippen LogP contribution in [0.5, 0.6) is 0 Å². The van der Waals surface area contributed by atoms with Gasteiger partial charge in [-0.25, -0.2) is 9.97 Å². The highest BCUT2D eigenvalue weighted by Crippen LogP contribution is 2.42. The fraction of sp³-hybridized carbons (Fsp3) is 0. The van der Waals surface area contributed by atoms with Crippen LogP contribution in [0.3, 0.4) is 0 Å². The van der Waals surface area contributed by atoms with Crippen LogP contribution in [0.15, 0.2) is 140 Å². The molecule has 3 N–H and O–H groups in total. The van der Waals surface area contributed by atoms with Gasteiger partial charge in [0.15, 0.2) is 0 Å². The number of thiocarbonyl (C=S) groups is 1. The van der Waals surface area contributed by atoms with Crippen LogP contribution in [0, 0.1) is 0 Å². The Morgan fingerprint density at radius 2 is 0.941 bits per heavy atom. The molecule has 0 aliphatic carbocycles. The summed E-state index contributed by atoms with van der Waals surface area (Å²) in [6, 6.07) is 48.4. The topological polar surface area (TPSA) is 73.2 Å². The first-order chi connectivity index (χ1) is 25.2. The zero-order valence-electron chi connectivity index (χ0n) is 27.3. The molecule has 8 bridgehead atoms. The number of nitrogens with zero attached hydrogens (tertiary/aromatic N) is 2. The predicted molar refractivity (Wildman–Crippen MR) is 216 cm³/mol. The van der Waals surface area contributed by atoms with Gasteiger partial charge in [0.05, 0.1) is 28.3 Å². The summed E-state index contributed by atoms with van der Waals surface area (Å²) in [7, 11) is 0. The zero-order valence-corrected chi connectivity index (χ0v) is 28.1. The van der Waals surface area contributed by atoms with E-state index in [9.17, 15) is 0 Å². The van der Waals surface area contributed by atoms with Crippen molar-refractivity contribution in [1.29, 1.82) is 0 Å². The standard InChI is InChI=1S/C45H29N5S/c51-26-31-43-41(29-16-8-3-9-17-29)37-24-22-35(47-37)39(27-12-4-1-5-13-27)33-20-21-34(46-33)40(28-14-6-2-7-15-28)36-23-25-38(48-36)42-30-18-10-11-19-32(30)49-44(31)45(42)50-43/h1-26,47-49H. The summed E-state index contributed by atoms with van der Waals surface area (Å²) in [4.78, 5) is 22.3. The minimum absolute atomic E-state index is 0.817. The lowest BCUT2D eigenvalue weighted by atomic mass is 10.0. The Morgan fingerprint density at radius 3 is 1.53 bits per heavy atom. The van der Waals surface area contributed by atoms with Crippen LogP contribution >= 0.6 is 12.2 Å². The highest BCUT2D eigenvalue weighted by Gasteiger charge is 2.23. The van der Waals surface area contributed by atoms with Gasteiger partial charge in [-0.3, -0.25) is 0 Å². The number of fused-ring (bicyclic) bond motifs is 10. The molecule has 0 unspecified atom stereocenters. The van der Waals surface area contributed by atoms with Crippen molar-refractivity contribution >= 4 is 73.6 Å². The van der Waals surface area contributed by atoms with E-state index in [1.54, 1.807) is 5.37 Å². The van der Waals surface area contributed by atoms with Crippen LogP contribution in [-0.4, -0.2) is 30.3 Å². The summed E-state index contributed by atoms with van der Waals surface area (Å²) in [5.41, 5.74) is 16.3. The van der Waals surface area contributed by atoms with Gasteiger partial charge in [0.2, 0.25) is 0 Å². The van der Waals surface area contributed by atoms with E-state index in [1.165, 1.54) is 0 Å². The largest absolute Gasteiger partial charge is 0.354 e. The molecule has 3 aliphatic heterocycles. The van der Waals surface area contributed by atoms with Crippen LogP contribution in [0.4, 0.5) is 0 Å². The van der Waals surface area contributed by atoms with Gasteiger partial charge in [-0.05, 0) is 59.2 Å². The summed E-state index contributed by atoms with van der Waals surface area (Å²) in [6.07, 6.45) is 4.26. The molecule has 3 aliphatic rings. The second kappa shape index (κ2) is 11.8. The van der Waals surface area contributed by atoms with Gasteiger partial charge in [0.1, 0.15) is 0 Å². The molecule has 4 aromatic carbocycles. The molecule has 7 aromatic rings. The first-order valence-corrected chi connectivity index (χ1v) is 17.4. The van der Waals surface area contributed by atoms with E-state index in [4.69, 9.17) is 22.2 Å². The second-order valence-electron chi connectivity index (χ2n) is 12.8. The van der Waals surface area contributed by atoms with Gasteiger partial charge in [-0.2, -0.15) is 0 Å². The molecule has 0 atom stereocenters. The van der Waals surface area contributed by atoms with Gasteiger partial charge < -0.3 is 15.0 Å². The van der Waals surface area contributed by atoms with Crippen molar-refractivity contribution < 1.29 is 0 Å². The third kappa shape index (κ3) is 4.72. The Labute approximate surface area is 298 Å². The molecular weight excluding hydrogens is 643 g/mol. The number of rotatable bonds is 4. The molecule has 51 heavy (non-hydrogen) atoms. The number of nitrogens with one attached hydrogen (secondary N) is 3. The van der Waals surface area contributed by atoms with Crippen molar-refractivity contribution in [3.05, 3.63) is 156 Å². The first-order valence-electron chi connectivity index (χ1n) is 17.0. The van der Waals surface area contributed by atoms with Crippen molar-refractivity contribution in [3.63, 3.8) is 0 Å². The van der Waals surface area contributed by atoms with E-state index in [0.717, 1.165) is 106 Å². The van der Waals surface area contributed by atoms with Crippen LogP contribution in [0.2, 0.25) is 0 Å². The zero-order chi connectivity index (χ0) is 33.9. The summed E-state index contributed by atoms with van der Waals surface area (Å²) in [6.45, 7) is 0. The van der Waals surface area contributed by atoms with E-state index < -0.39 is 0 Å². The van der Waals surface area contributed by atoms with E-state index >= 15 is 0 Å². The molecule has 240 valence electrons. The molecule has 0 amide bonds. The Morgan fingerprint density at radius 1 is 0.451 bits per heavy atom. The number of hydrogen-bond donors (Lipinski definition) is 3. The molecular formula is C45H29N5S. The van der Waals surface area contributed by atoms with Crippen LogP contribution in [0.1, 0.15) is 17.0 Å². The number of H-pyrrole nitrogens is 3. The van der Waals surface area contributed by atoms with Crippen molar-refractivity contribution in [2.75, 3.05) is 0 Å². The number of pyridine rings is 1. The Balaban J connectivity index is 1.49. The number of aromatic nitrogens is 5. The Bertz CT molecular complexity index is 2920. The lowest BCUT2D eigenvalue weighted by Crippen LogP contribution is -1.91. The normalized spacial score (nSPS) is 11.9. The molecule has 0 saturated carbocycles. The van der Waals surface area contributed by atoms with Gasteiger partial charge in [0.25, 0.3) is 0 Å². The summed E-state index contributed by atoms with van der Waals surface area (Å²) in [5.74, 6) is 0. The molecule has 0 spiro atoms. The fourth-order valence-corrected chi connectivity index (χ4v) is 7.79. The third-order valence-corrected chi connectivity index (χ3v) is 10.1. The molecule has 10 rings (SSSR count). The summed E-state index contributed by atoms with van der Waals surface area (Å²) in [5, 5.41) is 3.85. The molecule has 6 heteroatoms. The highest BCUT2D eigenvalue weighted by atomic mass is 32.1. The van der Waals surface area contributed by atoms with Crippen molar-refractivity contribution in [3.8, 4) is 44.8 Å². The first kappa shape index (κ1) is 29.3. The SMILES string of the molecule is S=Cc1c2[nH]c3ccccc3c3c-2nc1c(-c1ccccc1)c1ccc([nH]1)c(-c1ccccc1)c1nc(c(-c2ccccc2)c2ccc3[nH]2)C=C1. The van der Waals surface area contributed by atoms with Gasteiger partial charge in [-0.1, -0.05) is 121 Å². The number of aromatic amines is 3. The van der Waals surface area contributed by atoms with Crippen molar-refractivity contribution in [1.82, 2.24) is 24.9 Å². The fourth-order valence-electron chi connectivity index (χ4n) is 7.56. The van der Waals surface area contributed by atoms with Gasteiger partial charge in [0, 0.05) is 66.0 Å². The quantitative estimate of drug-likeness (QED) is 0.163. The number of hydrogen-bond acceptors (Lipinski definition) is 3. The maximum atomic E-state index is 5.81. The van der Waals surface area contributed by atoms with Gasteiger partial charge >= 0.3 is 0 Å². The second-order valence-corrected chi connectivity index (χ2v) is 13.0. The number of para-hydroxylation sites is 1. The number of benzene rings is 4. The van der Waals surface area contributed by atoms with E-state index in [2.05, 4.69) is 148 Å². The Hall–Kier alpha value is -6.63. The maximum Gasteiger partial charge on any atom is 0.0979 e. The molecule has 0 saturated heterocycles. The smallest absolute Gasteiger partial charge is 0.0979 e. The minimum atomic E-state index is 0.817. The lowest BCUT2D eigenvalue weighted by Gasteiger charge is -2.08. The molecule has 0 radical (unpaired) electrons. The average Bonchev–Trinajstić information content (AvgIpc) is 4.01. The third-order valence-electron chi connectivity index (χ3n) is 9.82. The van der Waals surface area contributed by atoms with Gasteiger partial charge in [-0.15, -0.1) is 0 Å². The average molecular weight is 672 g/mol. The van der Waals surface area contributed by atoms with Crippen LogP contribution in [0.25, 0.3) is 101 Å². The molecule has 3 aromatic heterocycles. The summed E-state index contributed by atoms with van der Waals surface area (Å²) >= 11 is 5.81.